The summed E-state index contributed by atoms with van der Waals surface area (Å²) in [5, 5.41) is 4.71. The highest BCUT2D eigenvalue weighted by Gasteiger charge is 2.31. The molecule has 1 fully saturated rings. The van der Waals surface area contributed by atoms with Gasteiger partial charge in [-0.2, -0.15) is 0 Å². The van der Waals surface area contributed by atoms with Crippen LogP contribution >= 0.6 is 22.9 Å². The summed E-state index contributed by atoms with van der Waals surface area (Å²) in [5.41, 5.74) is 3.55. The first-order valence-electron chi connectivity index (χ1n) is 10.1. The van der Waals surface area contributed by atoms with Crippen LogP contribution < -0.4 is 5.32 Å². The number of nitrogens with zero attached hydrogens (tertiary/aromatic N) is 2. The summed E-state index contributed by atoms with van der Waals surface area (Å²) < 4.78 is 5.29. The Kier molecular flexibility index (Phi) is 6.29. The topological polar surface area (TPSA) is 48.7 Å². The molecule has 1 N–H and O–H groups in total. The molecule has 3 aromatic rings. The normalized spacial score (nSPS) is 16.5. The second-order valence-corrected chi connectivity index (χ2v) is 9.41. The lowest BCUT2D eigenvalue weighted by Gasteiger charge is -2.39. The number of amides is 1. The average molecular weight is 444 g/mol. The van der Waals surface area contributed by atoms with Crippen LogP contribution in [0.5, 0.6) is 0 Å². The molecule has 1 aliphatic heterocycles. The summed E-state index contributed by atoms with van der Waals surface area (Å²) in [6.07, 6.45) is 1.52. The summed E-state index contributed by atoms with van der Waals surface area (Å²) in [4.78, 5) is 18.8. The van der Waals surface area contributed by atoms with Crippen molar-refractivity contribution in [3.63, 3.8) is 0 Å². The van der Waals surface area contributed by atoms with Gasteiger partial charge in [-0.3, -0.25) is 9.69 Å². The van der Waals surface area contributed by atoms with Gasteiger partial charge in [0.1, 0.15) is 5.00 Å². The molecule has 0 bridgehead atoms. The Morgan fingerprint density at radius 2 is 1.83 bits per heavy atom. The molecule has 1 aliphatic rings. The first-order valence-corrected chi connectivity index (χ1v) is 11.3. The molecule has 4 rings (SSSR count). The minimum absolute atomic E-state index is 0.0489. The number of furan rings is 1. The molecule has 1 aromatic carbocycles. The highest BCUT2D eigenvalue weighted by Crippen LogP contribution is 2.42. The average Bonchev–Trinajstić information content (AvgIpc) is 3.36. The number of halogens is 1. The van der Waals surface area contributed by atoms with Crippen LogP contribution in [0, 0.1) is 13.8 Å². The van der Waals surface area contributed by atoms with E-state index in [4.69, 9.17) is 16.0 Å². The predicted molar refractivity (Wildman–Crippen MR) is 123 cm³/mol. The third-order valence-electron chi connectivity index (χ3n) is 5.77. The molecule has 5 nitrogen and oxygen atoms in total. The van der Waals surface area contributed by atoms with Crippen molar-refractivity contribution < 1.29 is 9.21 Å². The molecule has 0 aliphatic carbocycles. The van der Waals surface area contributed by atoms with Gasteiger partial charge in [-0.1, -0.05) is 23.7 Å². The molecule has 7 heteroatoms. The van der Waals surface area contributed by atoms with Crippen LogP contribution in [-0.2, 0) is 0 Å². The molecule has 0 radical (unpaired) electrons. The Morgan fingerprint density at radius 1 is 1.13 bits per heavy atom. The monoisotopic (exact) mass is 443 g/mol. The Morgan fingerprint density at radius 3 is 2.47 bits per heavy atom. The quantitative estimate of drug-likeness (QED) is 0.588. The van der Waals surface area contributed by atoms with E-state index in [1.54, 1.807) is 23.5 Å². The second-order valence-electron chi connectivity index (χ2n) is 7.75. The van der Waals surface area contributed by atoms with E-state index >= 15 is 0 Å². The van der Waals surface area contributed by atoms with E-state index in [1.807, 2.05) is 12.1 Å². The fraction of sp³-hybridized carbons (Fsp3) is 0.348. The third-order valence-corrected chi connectivity index (χ3v) is 7.16. The van der Waals surface area contributed by atoms with E-state index in [2.05, 4.69) is 48.1 Å². The molecule has 1 atom stereocenters. The van der Waals surface area contributed by atoms with E-state index in [9.17, 15) is 4.79 Å². The summed E-state index contributed by atoms with van der Waals surface area (Å²) in [7, 11) is 2.16. The van der Waals surface area contributed by atoms with Crippen LogP contribution in [0.15, 0.2) is 47.1 Å². The number of benzene rings is 1. The van der Waals surface area contributed by atoms with Gasteiger partial charge in [0.2, 0.25) is 0 Å². The molecule has 3 heterocycles. The van der Waals surface area contributed by atoms with Gasteiger partial charge in [-0.15, -0.1) is 11.3 Å². The molecule has 1 saturated heterocycles. The molecule has 158 valence electrons. The van der Waals surface area contributed by atoms with E-state index in [0.29, 0.717) is 5.76 Å². The van der Waals surface area contributed by atoms with E-state index in [-0.39, 0.29) is 11.9 Å². The van der Waals surface area contributed by atoms with Crippen molar-refractivity contribution in [3.05, 3.63) is 75.0 Å². The lowest BCUT2D eigenvalue weighted by atomic mass is 9.94. The molecule has 0 unspecified atom stereocenters. The number of nitrogens with one attached hydrogen (secondary N) is 1. The Hall–Kier alpha value is -2.12. The maximum absolute atomic E-state index is 12.7. The molecular weight excluding hydrogens is 418 g/mol. The van der Waals surface area contributed by atoms with Crippen LogP contribution in [0.1, 0.15) is 38.2 Å². The zero-order valence-corrected chi connectivity index (χ0v) is 19.0. The fourth-order valence-corrected chi connectivity index (χ4v) is 5.14. The van der Waals surface area contributed by atoms with E-state index < -0.39 is 0 Å². The fourth-order valence-electron chi connectivity index (χ4n) is 3.92. The number of hydrogen-bond acceptors (Lipinski definition) is 5. The van der Waals surface area contributed by atoms with Crippen LogP contribution in [0.3, 0.4) is 0 Å². The van der Waals surface area contributed by atoms with Crippen LogP contribution in [-0.4, -0.2) is 48.9 Å². The molecule has 30 heavy (non-hydrogen) atoms. The van der Waals surface area contributed by atoms with Crippen molar-refractivity contribution in [1.29, 1.82) is 0 Å². The summed E-state index contributed by atoms with van der Waals surface area (Å²) >= 11 is 7.79. The van der Waals surface area contributed by atoms with E-state index in [0.717, 1.165) is 41.8 Å². The van der Waals surface area contributed by atoms with Crippen molar-refractivity contribution in [2.45, 2.75) is 19.9 Å². The Bertz CT molecular complexity index is 1010. The number of aryl methyl sites for hydroxylation is 1. The smallest absolute Gasteiger partial charge is 0.291 e. The minimum Gasteiger partial charge on any atom is -0.459 e. The van der Waals surface area contributed by atoms with Crippen LogP contribution in [0.25, 0.3) is 0 Å². The van der Waals surface area contributed by atoms with Crippen molar-refractivity contribution in [3.8, 4) is 0 Å². The second kappa shape index (κ2) is 8.94. The van der Waals surface area contributed by atoms with Crippen molar-refractivity contribution in [2.75, 3.05) is 38.5 Å². The maximum atomic E-state index is 12.7. The first-order chi connectivity index (χ1) is 14.4. The Balaban J connectivity index is 1.76. The van der Waals surface area contributed by atoms with Gasteiger partial charge < -0.3 is 14.6 Å². The van der Waals surface area contributed by atoms with Crippen molar-refractivity contribution in [1.82, 2.24) is 9.80 Å². The van der Waals surface area contributed by atoms with Gasteiger partial charge in [0.25, 0.3) is 5.91 Å². The summed E-state index contributed by atoms with van der Waals surface area (Å²) in [6.45, 7) is 8.20. The maximum Gasteiger partial charge on any atom is 0.291 e. The van der Waals surface area contributed by atoms with Crippen molar-refractivity contribution >= 4 is 33.8 Å². The Labute approximate surface area is 186 Å². The van der Waals surface area contributed by atoms with Crippen LogP contribution in [0.2, 0.25) is 5.02 Å². The van der Waals surface area contributed by atoms with Gasteiger partial charge in [-0.25, -0.2) is 0 Å². The zero-order valence-electron chi connectivity index (χ0n) is 17.4. The molecule has 0 spiro atoms. The number of anilines is 1. The van der Waals surface area contributed by atoms with Crippen LogP contribution in [0.4, 0.5) is 5.00 Å². The zero-order chi connectivity index (χ0) is 21.3. The number of hydrogen-bond donors (Lipinski definition) is 1. The number of rotatable bonds is 5. The highest BCUT2D eigenvalue weighted by atomic mass is 35.5. The first kappa shape index (κ1) is 21.1. The number of carbonyl (C=O) groups is 1. The van der Waals surface area contributed by atoms with Gasteiger partial charge in [0.15, 0.2) is 5.76 Å². The third kappa shape index (κ3) is 4.32. The molecule has 2 aromatic heterocycles. The van der Waals surface area contributed by atoms with Gasteiger partial charge in [0.05, 0.1) is 12.3 Å². The lowest BCUT2D eigenvalue weighted by Crippen LogP contribution is -2.46. The van der Waals surface area contributed by atoms with Crippen molar-refractivity contribution in [2.24, 2.45) is 0 Å². The standard InChI is InChI=1S/C23H26ClN3O2S/c1-15-16(2)30-23(25-22(28)19-5-4-14-29-19)20(15)21(17-6-8-18(24)9-7-17)27-12-10-26(3)11-13-27/h4-9,14,21H,10-13H2,1-3H3,(H,25,28)/t21-/m1/s1. The number of likely N-dealkylation sites (N-methyl/N-ethyl adjacent to an activating group) is 1. The number of carbonyl (C=O) groups excluding carboxylic acids is 1. The molecule has 0 saturated carbocycles. The highest BCUT2D eigenvalue weighted by molar-refractivity contribution is 7.16. The van der Waals surface area contributed by atoms with Gasteiger partial charge in [-0.05, 0) is 56.3 Å². The molecular formula is C23H26ClN3O2S. The van der Waals surface area contributed by atoms with Gasteiger partial charge in [0, 0.05) is 41.6 Å². The largest absolute Gasteiger partial charge is 0.459 e. The summed E-state index contributed by atoms with van der Waals surface area (Å²) in [5.74, 6) is 0.0861. The lowest BCUT2D eigenvalue weighted by molar-refractivity contribution is 0.0996. The minimum atomic E-state index is -0.226. The number of thiophene rings is 1. The van der Waals surface area contributed by atoms with E-state index in [1.165, 1.54) is 22.3 Å². The SMILES string of the molecule is Cc1sc(NC(=O)c2ccco2)c([C@@H](c2ccc(Cl)cc2)N2CCN(C)CC2)c1C. The predicted octanol–water partition coefficient (Wildman–Crippen LogP) is 5.20. The number of piperazine rings is 1. The molecule has 1 amide bonds. The van der Waals surface area contributed by atoms with Gasteiger partial charge >= 0.3 is 0 Å². The summed E-state index contributed by atoms with van der Waals surface area (Å²) in [6, 6.07) is 11.5.